The molecule has 0 amide bonds. The van der Waals surface area contributed by atoms with Crippen molar-refractivity contribution < 1.29 is 0 Å². The van der Waals surface area contributed by atoms with Crippen LogP contribution < -0.4 is 5.32 Å². The van der Waals surface area contributed by atoms with Crippen molar-refractivity contribution in [2.45, 2.75) is 58.5 Å². The fraction of sp³-hybridized carbons (Fsp3) is 0.769. The van der Waals surface area contributed by atoms with Gasteiger partial charge in [0.1, 0.15) is 0 Å². The Morgan fingerprint density at radius 3 is 2.69 bits per heavy atom. The summed E-state index contributed by atoms with van der Waals surface area (Å²) in [5.41, 5.74) is 0.272. The fourth-order valence-electron chi connectivity index (χ4n) is 2.59. The smallest absolute Gasteiger partial charge is 0.0897 e. The molecule has 1 aromatic heterocycles. The molecular weight excluding hydrogens is 216 g/mol. The van der Waals surface area contributed by atoms with Crippen molar-refractivity contribution in [2.75, 3.05) is 0 Å². The van der Waals surface area contributed by atoms with Crippen LogP contribution in [0.15, 0.2) is 6.20 Å². The van der Waals surface area contributed by atoms with Gasteiger partial charge in [-0.05, 0) is 39.5 Å². The summed E-state index contributed by atoms with van der Waals surface area (Å²) >= 11 is 1.80. The first-order chi connectivity index (χ1) is 7.58. The molecule has 16 heavy (non-hydrogen) atoms. The molecule has 0 aliphatic heterocycles. The average molecular weight is 238 g/mol. The maximum absolute atomic E-state index is 4.29. The van der Waals surface area contributed by atoms with Crippen molar-refractivity contribution in [3.05, 3.63) is 16.1 Å². The summed E-state index contributed by atoms with van der Waals surface area (Å²) in [6.45, 7) is 7.72. The van der Waals surface area contributed by atoms with E-state index in [0.717, 1.165) is 17.5 Å². The van der Waals surface area contributed by atoms with Crippen LogP contribution in [0.5, 0.6) is 0 Å². The van der Waals surface area contributed by atoms with Crippen LogP contribution in [0, 0.1) is 12.8 Å². The zero-order chi connectivity index (χ0) is 11.6. The second kappa shape index (κ2) is 4.84. The van der Waals surface area contributed by atoms with E-state index in [0.29, 0.717) is 0 Å². The van der Waals surface area contributed by atoms with Crippen LogP contribution in [-0.4, -0.2) is 10.5 Å². The monoisotopic (exact) mass is 238 g/mol. The zero-order valence-corrected chi connectivity index (χ0v) is 11.4. The highest BCUT2D eigenvalue weighted by Crippen LogP contribution is 2.33. The normalized spacial score (nSPS) is 18.2. The number of hydrogen-bond acceptors (Lipinski definition) is 3. The van der Waals surface area contributed by atoms with Crippen molar-refractivity contribution in [3.63, 3.8) is 0 Å². The summed E-state index contributed by atoms with van der Waals surface area (Å²) in [6, 6.07) is 0. The van der Waals surface area contributed by atoms with Gasteiger partial charge >= 0.3 is 0 Å². The van der Waals surface area contributed by atoms with Crippen LogP contribution in [-0.2, 0) is 6.54 Å². The number of nitrogens with one attached hydrogen (secondary N) is 1. The molecule has 90 valence electrons. The lowest BCUT2D eigenvalue weighted by molar-refractivity contribution is 0.255. The summed E-state index contributed by atoms with van der Waals surface area (Å²) in [5, 5.41) is 4.86. The van der Waals surface area contributed by atoms with Gasteiger partial charge in [-0.1, -0.05) is 12.8 Å². The summed E-state index contributed by atoms with van der Waals surface area (Å²) in [4.78, 5) is 5.64. The molecule has 0 unspecified atom stereocenters. The van der Waals surface area contributed by atoms with E-state index in [2.05, 4.69) is 31.1 Å². The van der Waals surface area contributed by atoms with E-state index in [1.165, 1.54) is 30.6 Å². The highest BCUT2D eigenvalue weighted by atomic mass is 32.1. The number of aryl methyl sites for hydroxylation is 1. The van der Waals surface area contributed by atoms with Crippen molar-refractivity contribution >= 4 is 11.3 Å². The Hall–Kier alpha value is -0.410. The van der Waals surface area contributed by atoms with Crippen LogP contribution in [0.2, 0.25) is 0 Å². The van der Waals surface area contributed by atoms with Crippen molar-refractivity contribution in [1.29, 1.82) is 0 Å². The van der Waals surface area contributed by atoms with E-state index >= 15 is 0 Å². The fourth-order valence-corrected chi connectivity index (χ4v) is 3.33. The van der Waals surface area contributed by atoms with Gasteiger partial charge in [0, 0.05) is 23.2 Å². The number of hydrogen-bond donors (Lipinski definition) is 1. The van der Waals surface area contributed by atoms with E-state index in [9.17, 15) is 0 Å². The maximum atomic E-state index is 4.29. The average Bonchev–Trinajstić information content (AvgIpc) is 2.85. The Morgan fingerprint density at radius 1 is 1.44 bits per heavy atom. The van der Waals surface area contributed by atoms with E-state index in [1.807, 2.05) is 6.20 Å². The van der Waals surface area contributed by atoms with Gasteiger partial charge in [0.2, 0.25) is 0 Å². The van der Waals surface area contributed by atoms with Gasteiger partial charge in [-0.25, -0.2) is 4.98 Å². The molecule has 0 aromatic carbocycles. The molecule has 1 aliphatic rings. The Labute approximate surface area is 102 Å². The number of rotatable bonds is 4. The minimum absolute atomic E-state index is 0.272. The third-order valence-electron chi connectivity index (χ3n) is 3.76. The van der Waals surface area contributed by atoms with Gasteiger partial charge < -0.3 is 5.32 Å². The standard InChI is InChI=1S/C13H22N2S/c1-10-14-8-12(16-10)9-15-13(2,3)11-6-4-5-7-11/h8,11,15H,4-7,9H2,1-3H3. The van der Waals surface area contributed by atoms with Crippen molar-refractivity contribution in [2.24, 2.45) is 5.92 Å². The van der Waals surface area contributed by atoms with E-state index < -0.39 is 0 Å². The first-order valence-corrected chi connectivity index (χ1v) is 7.06. The highest BCUT2D eigenvalue weighted by molar-refractivity contribution is 7.11. The molecule has 1 saturated carbocycles. The molecular formula is C13H22N2S. The molecule has 2 nitrogen and oxygen atoms in total. The van der Waals surface area contributed by atoms with Gasteiger partial charge in [-0.15, -0.1) is 11.3 Å². The SMILES string of the molecule is Cc1ncc(CNC(C)(C)C2CCCC2)s1. The van der Waals surface area contributed by atoms with E-state index in [1.54, 1.807) is 11.3 Å². The van der Waals surface area contributed by atoms with Crippen molar-refractivity contribution in [3.8, 4) is 0 Å². The molecule has 2 rings (SSSR count). The molecule has 0 saturated heterocycles. The van der Waals surface area contributed by atoms with Crippen LogP contribution in [0.1, 0.15) is 49.4 Å². The predicted molar refractivity (Wildman–Crippen MR) is 69.7 cm³/mol. The number of aromatic nitrogens is 1. The molecule has 1 aromatic rings. The molecule has 1 heterocycles. The van der Waals surface area contributed by atoms with E-state index in [4.69, 9.17) is 0 Å². The molecule has 0 spiro atoms. The van der Waals surface area contributed by atoms with Gasteiger partial charge in [-0.2, -0.15) is 0 Å². The van der Waals surface area contributed by atoms with Gasteiger partial charge in [0.15, 0.2) is 0 Å². The van der Waals surface area contributed by atoms with Crippen LogP contribution in [0.3, 0.4) is 0 Å². The van der Waals surface area contributed by atoms with Gasteiger partial charge in [0.05, 0.1) is 5.01 Å². The molecule has 1 N–H and O–H groups in total. The van der Waals surface area contributed by atoms with Gasteiger partial charge in [0.25, 0.3) is 0 Å². The second-order valence-corrected chi connectivity index (χ2v) is 6.72. The summed E-state index contributed by atoms with van der Waals surface area (Å²) in [7, 11) is 0. The first kappa shape index (κ1) is 12.1. The molecule has 3 heteroatoms. The summed E-state index contributed by atoms with van der Waals surface area (Å²) < 4.78 is 0. The van der Waals surface area contributed by atoms with E-state index in [-0.39, 0.29) is 5.54 Å². The molecule has 0 atom stereocenters. The molecule has 0 radical (unpaired) electrons. The maximum Gasteiger partial charge on any atom is 0.0897 e. The number of thiazole rings is 1. The predicted octanol–water partition coefficient (Wildman–Crippen LogP) is 3.51. The Morgan fingerprint density at radius 2 is 2.12 bits per heavy atom. The lowest BCUT2D eigenvalue weighted by Crippen LogP contribution is -2.44. The topological polar surface area (TPSA) is 24.9 Å². The minimum atomic E-state index is 0.272. The lowest BCUT2D eigenvalue weighted by Gasteiger charge is -2.32. The van der Waals surface area contributed by atoms with Gasteiger partial charge in [-0.3, -0.25) is 0 Å². The Bertz CT molecular complexity index is 337. The Kier molecular flexibility index (Phi) is 3.65. The lowest BCUT2D eigenvalue weighted by atomic mass is 9.86. The molecule has 0 bridgehead atoms. The number of nitrogens with zero attached hydrogens (tertiary/aromatic N) is 1. The zero-order valence-electron chi connectivity index (χ0n) is 10.5. The first-order valence-electron chi connectivity index (χ1n) is 6.24. The molecule has 1 fully saturated rings. The van der Waals surface area contributed by atoms with Crippen molar-refractivity contribution in [1.82, 2.24) is 10.3 Å². The summed E-state index contributed by atoms with van der Waals surface area (Å²) in [5.74, 6) is 0.849. The highest BCUT2D eigenvalue weighted by Gasteiger charge is 2.31. The largest absolute Gasteiger partial charge is 0.307 e. The third-order valence-corrected chi connectivity index (χ3v) is 4.68. The Balaban J connectivity index is 1.88. The minimum Gasteiger partial charge on any atom is -0.307 e. The molecule has 1 aliphatic carbocycles. The quantitative estimate of drug-likeness (QED) is 0.868. The second-order valence-electron chi connectivity index (χ2n) is 5.40. The van der Waals surface area contributed by atoms with Crippen LogP contribution in [0.4, 0.5) is 0 Å². The third kappa shape index (κ3) is 2.83. The van der Waals surface area contributed by atoms with Crippen LogP contribution in [0.25, 0.3) is 0 Å². The van der Waals surface area contributed by atoms with Crippen LogP contribution >= 0.6 is 11.3 Å². The summed E-state index contributed by atoms with van der Waals surface area (Å²) in [6.07, 6.45) is 7.60.